The van der Waals surface area contributed by atoms with Crippen molar-refractivity contribution >= 4 is 0 Å². The van der Waals surface area contributed by atoms with Gasteiger partial charge in [0, 0.05) is 37.1 Å². The minimum absolute atomic E-state index is 0.179. The molecule has 5 nitrogen and oxygen atoms in total. The molecular formula is C11H13N4O+. The number of aromatic nitrogens is 4. The van der Waals surface area contributed by atoms with Crippen molar-refractivity contribution in [2.75, 3.05) is 6.61 Å². The Bertz CT molecular complexity index is 429. The van der Waals surface area contributed by atoms with Gasteiger partial charge in [-0.05, 0) is 11.2 Å². The fraction of sp³-hybridized carbons (Fsp3) is 0.273. The highest BCUT2D eigenvalue weighted by Gasteiger charge is 2.05. The number of hydrogen-bond acceptors (Lipinski definition) is 4. The Labute approximate surface area is 93.4 Å². The van der Waals surface area contributed by atoms with Gasteiger partial charge >= 0.3 is 0 Å². The maximum atomic E-state index is 8.70. The minimum Gasteiger partial charge on any atom is -0.396 e. The first-order chi connectivity index (χ1) is 7.90. The lowest BCUT2D eigenvalue weighted by Crippen LogP contribution is -2.37. The normalized spacial score (nSPS) is 10.3. The van der Waals surface area contributed by atoms with E-state index in [0.29, 0.717) is 18.8 Å². The Morgan fingerprint density at radius 1 is 1.25 bits per heavy atom. The molecule has 82 valence electrons. The maximum Gasteiger partial charge on any atom is 0.197 e. The van der Waals surface area contributed by atoms with Crippen LogP contribution in [0.25, 0.3) is 11.4 Å². The van der Waals surface area contributed by atoms with Crippen molar-refractivity contribution in [3.05, 3.63) is 36.9 Å². The summed E-state index contributed by atoms with van der Waals surface area (Å²) in [4.78, 5) is 8.28. The zero-order valence-electron chi connectivity index (χ0n) is 8.82. The van der Waals surface area contributed by atoms with Crippen molar-refractivity contribution in [2.24, 2.45) is 0 Å². The maximum absolute atomic E-state index is 8.70. The van der Waals surface area contributed by atoms with Gasteiger partial charge in [0.05, 0.1) is 0 Å². The average Bonchev–Trinajstić information content (AvgIpc) is 2.38. The second-order valence-electron chi connectivity index (χ2n) is 3.33. The van der Waals surface area contributed by atoms with Crippen LogP contribution in [0.4, 0.5) is 0 Å². The highest BCUT2D eigenvalue weighted by molar-refractivity contribution is 5.51. The lowest BCUT2D eigenvalue weighted by atomic mass is 10.3. The van der Waals surface area contributed by atoms with E-state index in [2.05, 4.69) is 15.1 Å². The molecule has 0 aromatic carbocycles. The third-order valence-electron chi connectivity index (χ3n) is 2.14. The Balaban J connectivity index is 2.13. The molecule has 0 spiro atoms. The van der Waals surface area contributed by atoms with Gasteiger partial charge in [-0.1, -0.05) is 4.68 Å². The summed E-state index contributed by atoms with van der Waals surface area (Å²) in [5.74, 6) is 0.671. The molecule has 2 heterocycles. The molecule has 0 aliphatic heterocycles. The Hall–Kier alpha value is -1.88. The molecule has 16 heavy (non-hydrogen) atoms. The van der Waals surface area contributed by atoms with Crippen LogP contribution in [0.5, 0.6) is 0 Å². The van der Waals surface area contributed by atoms with E-state index in [1.807, 2.05) is 12.3 Å². The molecule has 0 saturated carbocycles. The first kappa shape index (κ1) is 10.6. The van der Waals surface area contributed by atoms with Gasteiger partial charge < -0.3 is 5.11 Å². The molecule has 0 amide bonds. The summed E-state index contributed by atoms with van der Waals surface area (Å²) in [7, 11) is 0. The second-order valence-corrected chi connectivity index (χ2v) is 3.33. The Kier molecular flexibility index (Phi) is 3.50. The van der Waals surface area contributed by atoms with Crippen molar-refractivity contribution in [2.45, 2.75) is 13.0 Å². The van der Waals surface area contributed by atoms with Crippen molar-refractivity contribution in [3.63, 3.8) is 0 Å². The highest BCUT2D eigenvalue weighted by Crippen LogP contribution is 2.08. The molecule has 0 radical (unpaired) electrons. The van der Waals surface area contributed by atoms with Gasteiger partial charge in [0.1, 0.15) is 6.20 Å². The van der Waals surface area contributed by atoms with E-state index in [4.69, 9.17) is 5.11 Å². The third kappa shape index (κ3) is 2.58. The summed E-state index contributed by atoms with van der Waals surface area (Å²) in [6.07, 6.45) is 7.71. The molecule has 0 aliphatic rings. The summed E-state index contributed by atoms with van der Waals surface area (Å²) in [5, 5.41) is 12.9. The quantitative estimate of drug-likeness (QED) is 0.743. The van der Waals surface area contributed by atoms with Gasteiger partial charge in [0.25, 0.3) is 0 Å². The number of nitrogens with zero attached hydrogens (tertiary/aromatic N) is 4. The lowest BCUT2D eigenvalue weighted by molar-refractivity contribution is -0.754. The number of aliphatic hydroxyl groups is 1. The standard InChI is InChI=1S/C11H13N4O/c16-8-2-6-15-7-3-10(9-14-15)11-12-4-1-5-13-11/h1,3-5,7,9,16H,2,6,8H2/q+1. The van der Waals surface area contributed by atoms with Gasteiger partial charge in [0.2, 0.25) is 0 Å². The molecule has 0 aliphatic carbocycles. The monoisotopic (exact) mass is 217 g/mol. The van der Waals surface area contributed by atoms with Gasteiger partial charge in [0.15, 0.2) is 18.6 Å². The third-order valence-corrected chi connectivity index (χ3v) is 2.14. The zero-order valence-corrected chi connectivity index (χ0v) is 8.82. The average molecular weight is 217 g/mol. The van der Waals surface area contributed by atoms with Crippen LogP contribution in [0.15, 0.2) is 36.9 Å². The topological polar surface area (TPSA) is 62.8 Å². The number of hydrogen-bond donors (Lipinski definition) is 1. The van der Waals surface area contributed by atoms with E-state index in [1.165, 1.54) is 0 Å². The first-order valence-electron chi connectivity index (χ1n) is 5.14. The largest absolute Gasteiger partial charge is 0.396 e. The van der Waals surface area contributed by atoms with Crippen molar-refractivity contribution in [1.29, 1.82) is 0 Å². The summed E-state index contributed by atoms with van der Waals surface area (Å²) < 4.78 is 1.78. The van der Waals surface area contributed by atoms with Crippen LogP contribution in [0, 0.1) is 0 Å². The molecule has 0 unspecified atom stereocenters. The molecule has 0 saturated heterocycles. The second kappa shape index (κ2) is 5.27. The zero-order chi connectivity index (χ0) is 11.2. The molecule has 2 rings (SSSR count). The van der Waals surface area contributed by atoms with Crippen LogP contribution in [-0.4, -0.2) is 26.8 Å². The van der Waals surface area contributed by atoms with Crippen molar-refractivity contribution in [1.82, 2.24) is 15.1 Å². The van der Waals surface area contributed by atoms with Crippen LogP contribution in [0.1, 0.15) is 6.42 Å². The summed E-state index contributed by atoms with van der Waals surface area (Å²) in [6.45, 7) is 0.894. The minimum atomic E-state index is 0.179. The van der Waals surface area contributed by atoms with E-state index in [0.717, 1.165) is 5.56 Å². The smallest absolute Gasteiger partial charge is 0.197 e. The fourth-order valence-corrected chi connectivity index (χ4v) is 1.33. The molecule has 0 bridgehead atoms. The fourth-order valence-electron chi connectivity index (χ4n) is 1.33. The summed E-state index contributed by atoms with van der Waals surface area (Å²) in [5.41, 5.74) is 0.890. The molecule has 0 fully saturated rings. The number of aryl methyl sites for hydroxylation is 1. The SMILES string of the molecule is OCCC[n+]1ccc(-c2ncccn2)cn1. The van der Waals surface area contributed by atoms with Crippen LogP contribution in [-0.2, 0) is 6.54 Å². The molecule has 5 heteroatoms. The van der Waals surface area contributed by atoms with Crippen molar-refractivity contribution in [3.8, 4) is 11.4 Å². The van der Waals surface area contributed by atoms with E-state index >= 15 is 0 Å². The van der Waals surface area contributed by atoms with E-state index < -0.39 is 0 Å². The highest BCUT2D eigenvalue weighted by atomic mass is 16.3. The van der Waals surface area contributed by atoms with E-state index in [-0.39, 0.29) is 6.61 Å². The van der Waals surface area contributed by atoms with Crippen LogP contribution in [0.2, 0.25) is 0 Å². The van der Waals surface area contributed by atoms with Crippen LogP contribution >= 0.6 is 0 Å². The molecular weight excluding hydrogens is 204 g/mol. The molecule has 0 atom stereocenters. The predicted octanol–water partition coefficient (Wildman–Crippen LogP) is 0.208. The summed E-state index contributed by atoms with van der Waals surface area (Å²) in [6, 6.07) is 3.70. The molecule has 1 N–H and O–H groups in total. The van der Waals surface area contributed by atoms with E-state index in [9.17, 15) is 0 Å². The predicted molar refractivity (Wildman–Crippen MR) is 57.2 cm³/mol. The lowest BCUT2D eigenvalue weighted by Gasteiger charge is -1.96. The van der Waals surface area contributed by atoms with Gasteiger partial charge in [-0.2, -0.15) is 0 Å². The van der Waals surface area contributed by atoms with Crippen LogP contribution in [0.3, 0.4) is 0 Å². The van der Waals surface area contributed by atoms with Crippen molar-refractivity contribution < 1.29 is 9.79 Å². The van der Waals surface area contributed by atoms with E-state index in [1.54, 1.807) is 29.3 Å². The Morgan fingerprint density at radius 3 is 2.69 bits per heavy atom. The number of aliphatic hydroxyl groups excluding tert-OH is 1. The molecule has 2 aromatic heterocycles. The summed E-state index contributed by atoms with van der Waals surface area (Å²) >= 11 is 0. The van der Waals surface area contributed by atoms with Crippen LogP contribution < -0.4 is 4.68 Å². The Morgan fingerprint density at radius 2 is 2.06 bits per heavy atom. The van der Waals surface area contributed by atoms with Gasteiger partial charge in [-0.25, -0.2) is 9.97 Å². The number of rotatable bonds is 4. The van der Waals surface area contributed by atoms with Gasteiger partial charge in [-0.15, -0.1) is 0 Å². The molecule has 2 aromatic rings. The van der Waals surface area contributed by atoms with Gasteiger partial charge in [-0.3, -0.25) is 0 Å². The first-order valence-corrected chi connectivity index (χ1v) is 5.14.